The Morgan fingerprint density at radius 3 is 2.38 bits per heavy atom. The first-order chi connectivity index (χ1) is 13.6. The number of nitrogens with zero attached hydrogens (tertiary/aromatic N) is 1. The molecule has 1 saturated heterocycles. The first kappa shape index (κ1) is 23.2. The lowest BCUT2D eigenvalue weighted by molar-refractivity contribution is -0.149. The van der Waals surface area contributed by atoms with Crippen LogP contribution in [-0.2, 0) is 19.7 Å². The third kappa shape index (κ3) is 6.25. The van der Waals surface area contributed by atoms with Crippen molar-refractivity contribution in [2.45, 2.75) is 89.5 Å². The molecule has 1 heterocycles. The minimum atomic E-state index is -2.41. The van der Waals surface area contributed by atoms with E-state index < -0.39 is 10.1 Å². The summed E-state index contributed by atoms with van der Waals surface area (Å²) in [4.78, 5) is 15.0. The summed E-state index contributed by atoms with van der Waals surface area (Å²) in [6.45, 7) is 5.85. The number of piperidine rings is 1. The fourth-order valence-corrected chi connectivity index (χ4v) is 6.37. The Morgan fingerprint density at radius 1 is 1.17 bits per heavy atom. The Labute approximate surface area is 177 Å². The molecule has 0 bridgehead atoms. The van der Waals surface area contributed by atoms with Gasteiger partial charge in [0.1, 0.15) is 0 Å². The second-order valence-corrected chi connectivity index (χ2v) is 13.2. The number of nitrogens with one attached hydrogen (secondary N) is 1. The Kier molecular flexibility index (Phi) is 7.79. The van der Waals surface area contributed by atoms with E-state index in [9.17, 15) is 14.1 Å². The van der Waals surface area contributed by atoms with Crippen molar-refractivity contribution in [2.24, 2.45) is 17.8 Å². The molecule has 29 heavy (non-hydrogen) atoms. The average Bonchev–Trinajstić information content (AvgIpc) is 2.63. The number of amides is 1. The molecular weight excluding hydrogens is 388 g/mol. The van der Waals surface area contributed by atoms with Gasteiger partial charge < -0.3 is 14.7 Å². The van der Waals surface area contributed by atoms with Crippen LogP contribution in [0.4, 0.5) is 0 Å². The number of thiol groups is 1. The number of aliphatic hydroxyl groups is 1. The predicted molar refractivity (Wildman–Crippen MR) is 118 cm³/mol. The lowest BCUT2D eigenvalue weighted by atomic mass is 9.80. The van der Waals surface area contributed by atoms with Gasteiger partial charge in [0, 0.05) is 31.0 Å². The summed E-state index contributed by atoms with van der Waals surface area (Å²) in [5.74, 6) is 1.61. The van der Waals surface area contributed by atoms with Crippen molar-refractivity contribution in [3.63, 3.8) is 0 Å². The van der Waals surface area contributed by atoms with E-state index in [4.69, 9.17) is 4.74 Å². The number of likely N-dealkylation sites (tertiary alicyclic amines) is 1. The number of aliphatic hydroxyl groups excluding tert-OH is 1. The van der Waals surface area contributed by atoms with Gasteiger partial charge in [-0.25, -0.2) is 0 Å². The third-order valence-electron chi connectivity index (χ3n) is 7.17. The van der Waals surface area contributed by atoms with E-state index in [0.29, 0.717) is 19.4 Å². The summed E-state index contributed by atoms with van der Waals surface area (Å²) < 4.78 is 22.1. The first-order valence-electron chi connectivity index (χ1n) is 11.6. The molecule has 1 unspecified atom stereocenters. The number of hydrogen-bond donors (Lipinski definition) is 3. The van der Waals surface area contributed by atoms with E-state index >= 15 is 0 Å². The lowest BCUT2D eigenvalue weighted by Crippen LogP contribution is -2.61. The molecule has 7 heteroatoms. The molecule has 2 N–H and O–H groups in total. The zero-order chi connectivity index (χ0) is 21.2. The van der Waals surface area contributed by atoms with Gasteiger partial charge in [-0.3, -0.25) is 13.7 Å². The van der Waals surface area contributed by atoms with Crippen molar-refractivity contribution in [3.05, 3.63) is 0 Å². The normalized spacial score (nSPS) is 36.7. The minimum absolute atomic E-state index is 0.00513. The molecule has 2 saturated carbocycles. The summed E-state index contributed by atoms with van der Waals surface area (Å²) >= 11 is 0. The Hall–Kier alpha value is -0.500. The van der Waals surface area contributed by atoms with Crippen molar-refractivity contribution in [2.75, 3.05) is 25.7 Å². The molecule has 1 amide bonds. The highest BCUT2D eigenvalue weighted by Crippen LogP contribution is 2.34. The van der Waals surface area contributed by atoms with Crippen molar-refractivity contribution < 1.29 is 18.8 Å². The van der Waals surface area contributed by atoms with Gasteiger partial charge in [-0.15, -0.1) is 0 Å². The van der Waals surface area contributed by atoms with Gasteiger partial charge in [0.15, 0.2) is 0 Å². The van der Waals surface area contributed by atoms with Gasteiger partial charge in [-0.1, -0.05) is 24.0 Å². The molecule has 6 nitrogen and oxygen atoms in total. The molecular formula is C22H42N2O4S. The topological polar surface area (TPSA) is 78.9 Å². The molecule has 0 radical (unpaired) electrons. The van der Waals surface area contributed by atoms with Crippen LogP contribution >= 0.6 is 0 Å². The Balaban J connectivity index is 1.63. The monoisotopic (exact) mass is 430 g/mol. The van der Waals surface area contributed by atoms with Gasteiger partial charge in [0.25, 0.3) is 0 Å². The minimum Gasteiger partial charge on any atom is -0.393 e. The van der Waals surface area contributed by atoms with Crippen LogP contribution < -0.4 is 4.72 Å². The second-order valence-electron chi connectivity index (χ2n) is 10.3. The highest BCUT2D eigenvalue weighted by atomic mass is 32.3. The molecule has 0 aromatic rings. The fraction of sp³-hybridized carbons (Fsp3) is 0.955. The molecule has 0 aromatic carbocycles. The van der Waals surface area contributed by atoms with E-state index in [2.05, 4.69) is 18.6 Å². The molecule has 2 atom stereocenters. The Morgan fingerprint density at radius 2 is 1.83 bits per heavy atom. The zero-order valence-corrected chi connectivity index (χ0v) is 19.6. The van der Waals surface area contributed by atoms with Crippen molar-refractivity contribution in [1.82, 2.24) is 9.62 Å². The summed E-state index contributed by atoms with van der Waals surface area (Å²) in [5.41, 5.74) is 0. The van der Waals surface area contributed by atoms with Gasteiger partial charge in [-0.2, -0.15) is 0 Å². The number of rotatable bonds is 7. The van der Waals surface area contributed by atoms with Crippen LogP contribution in [0.15, 0.2) is 0 Å². The van der Waals surface area contributed by atoms with Crippen LogP contribution in [0.3, 0.4) is 0 Å². The maximum Gasteiger partial charge on any atom is 0.226 e. The quantitative estimate of drug-likeness (QED) is 0.541. The lowest BCUT2D eigenvalue weighted by Gasteiger charge is -2.46. The van der Waals surface area contributed by atoms with Gasteiger partial charge >= 0.3 is 0 Å². The highest BCUT2D eigenvalue weighted by molar-refractivity contribution is 7.99. The van der Waals surface area contributed by atoms with E-state index in [-0.39, 0.29) is 36.1 Å². The maximum atomic E-state index is 13.1. The van der Waals surface area contributed by atoms with E-state index in [1.165, 1.54) is 12.8 Å². The Bertz CT molecular complexity index is 594. The molecule has 3 fully saturated rings. The van der Waals surface area contributed by atoms with Crippen LogP contribution in [0.25, 0.3) is 0 Å². The number of ether oxygens (including phenoxy) is 1. The highest BCUT2D eigenvalue weighted by Gasteiger charge is 2.42. The van der Waals surface area contributed by atoms with E-state index in [1.54, 1.807) is 12.5 Å². The van der Waals surface area contributed by atoms with Gasteiger partial charge in [0.05, 0.1) is 24.9 Å². The van der Waals surface area contributed by atoms with Crippen molar-refractivity contribution >= 4 is 16.0 Å². The van der Waals surface area contributed by atoms with Crippen molar-refractivity contribution in [3.8, 4) is 0 Å². The summed E-state index contributed by atoms with van der Waals surface area (Å²) in [7, 11) is -2.41. The van der Waals surface area contributed by atoms with Crippen LogP contribution in [0, 0.1) is 17.8 Å². The van der Waals surface area contributed by atoms with Crippen molar-refractivity contribution in [1.29, 1.82) is 0 Å². The molecule has 3 rings (SSSR count). The number of hydrogen-bond acceptors (Lipinski definition) is 4. The molecule has 170 valence electrons. The van der Waals surface area contributed by atoms with Crippen LogP contribution in [0.5, 0.6) is 0 Å². The standard InChI is InChI=1S/C22H42N2O4S/c1-15(2)16-7-9-19(10-8-16)28-14-21-20(23-29(3,4)27)6-5-11-24(21)22(26)17-12-18(25)13-17/h15-21,25,29H,5-14H2,1-4H3,(H,23,27)/t16-,17?,18?,19+,20?,21-/m0/s1. The third-order valence-corrected chi connectivity index (χ3v) is 8.12. The smallest absolute Gasteiger partial charge is 0.226 e. The summed E-state index contributed by atoms with van der Waals surface area (Å²) in [6, 6.07) is -0.0735. The fourth-order valence-electron chi connectivity index (χ4n) is 5.27. The summed E-state index contributed by atoms with van der Waals surface area (Å²) in [5, 5.41) is 9.63. The molecule has 0 aromatic heterocycles. The maximum absolute atomic E-state index is 13.1. The van der Waals surface area contributed by atoms with Gasteiger partial charge in [-0.05, 0) is 63.2 Å². The SMILES string of the molecule is CC(C)[C@H]1CC[C@@H](OC[C@H]2C(N[SH](C)(C)=O)CCCN2C(=O)C2CC(O)C2)CC1. The van der Waals surface area contributed by atoms with Crippen LogP contribution in [-0.4, -0.2) is 70.1 Å². The number of carbonyl (C=O) groups is 1. The second kappa shape index (κ2) is 9.75. The molecule has 2 aliphatic carbocycles. The molecule has 0 spiro atoms. The predicted octanol–water partition coefficient (Wildman–Crippen LogP) is 2.13. The van der Waals surface area contributed by atoms with Crippen LogP contribution in [0.1, 0.15) is 65.2 Å². The van der Waals surface area contributed by atoms with E-state index in [1.807, 2.05) is 4.90 Å². The first-order valence-corrected chi connectivity index (χ1v) is 14.2. The van der Waals surface area contributed by atoms with Crippen LogP contribution in [0.2, 0.25) is 0 Å². The summed E-state index contributed by atoms with van der Waals surface area (Å²) in [6.07, 6.45) is 11.0. The van der Waals surface area contributed by atoms with Gasteiger partial charge in [0.2, 0.25) is 5.91 Å². The largest absolute Gasteiger partial charge is 0.393 e. The molecule has 1 aliphatic heterocycles. The zero-order valence-electron chi connectivity index (χ0n) is 18.7. The molecule has 3 aliphatic rings. The van der Waals surface area contributed by atoms with E-state index in [0.717, 1.165) is 44.1 Å². The average molecular weight is 431 g/mol. The number of carbonyl (C=O) groups excluding carboxylic acids is 1.